The predicted octanol–water partition coefficient (Wildman–Crippen LogP) is 3.24. The zero-order chi connectivity index (χ0) is 14.0. The predicted molar refractivity (Wildman–Crippen MR) is 83.3 cm³/mol. The van der Waals surface area contributed by atoms with Crippen molar-refractivity contribution < 1.29 is 0 Å². The Balaban J connectivity index is 2.30. The van der Waals surface area contributed by atoms with E-state index in [1.807, 2.05) is 12.1 Å². The molecule has 0 radical (unpaired) electrons. The van der Waals surface area contributed by atoms with Crippen LogP contribution in [-0.4, -0.2) is 23.5 Å². The summed E-state index contributed by atoms with van der Waals surface area (Å²) in [6.45, 7) is 11.7. The van der Waals surface area contributed by atoms with Crippen LogP contribution in [0.3, 0.4) is 0 Å². The van der Waals surface area contributed by atoms with Crippen molar-refractivity contribution in [2.24, 2.45) is 0 Å². The number of hydrogen-bond donors (Lipinski definition) is 2. The molecule has 1 aromatic carbocycles. The Morgan fingerprint density at radius 1 is 1.42 bits per heavy atom. The molecule has 1 aliphatic rings. The van der Waals surface area contributed by atoms with Crippen LogP contribution in [0.2, 0.25) is 0 Å². The summed E-state index contributed by atoms with van der Waals surface area (Å²) < 4.78 is 0. The van der Waals surface area contributed by atoms with Crippen LogP contribution in [0.5, 0.6) is 0 Å². The highest BCUT2D eigenvalue weighted by Crippen LogP contribution is 2.31. The van der Waals surface area contributed by atoms with Gasteiger partial charge in [-0.15, -0.1) is 0 Å². The number of nitrogens with two attached hydrogens (primary N) is 1. The van der Waals surface area contributed by atoms with Crippen LogP contribution in [0.1, 0.15) is 33.3 Å². The molecule has 0 bridgehead atoms. The average molecular weight is 259 g/mol. The highest BCUT2D eigenvalue weighted by molar-refractivity contribution is 5.70. The lowest BCUT2D eigenvalue weighted by molar-refractivity contribution is 0.143. The first-order valence-corrected chi connectivity index (χ1v) is 6.90. The maximum Gasteiger partial charge on any atom is 0.0620 e. The zero-order valence-corrected chi connectivity index (χ0v) is 12.5. The van der Waals surface area contributed by atoms with Gasteiger partial charge in [0.1, 0.15) is 0 Å². The van der Waals surface area contributed by atoms with E-state index in [-0.39, 0.29) is 5.54 Å². The van der Waals surface area contributed by atoms with E-state index < -0.39 is 0 Å². The second-order valence-electron chi connectivity index (χ2n) is 6.21. The van der Waals surface area contributed by atoms with Crippen LogP contribution in [0.15, 0.2) is 29.8 Å². The first-order chi connectivity index (χ1) is 8.90. The SMILES string of the molecule is CC(C)=CCN1Cc2cccc(N)c2NCC1(C)C. The highest BCUT2D eigenvalue weighted by atomic mass is 15.2. The van der Waals surface area contributed by atoms with E-state index in [1.54, 1.807) is 0 Å². The molecule has 1 aromatic rings. The van der Waals surface area contributed by atoms with E-state index in [0.29, 0.717) is 0 Å². The van der Waals surface area contributed by atoms with Gasteiger partial charge in [-0.1, -0.05) is 23.8 Å². The summed E-state index contributed by atoms with van der Waals surface area (Å²) in [6.07, 6.45) is 2.29. The van der Waals surface area contributed by atoms with E-state index >= 15 is 0 Å². The summed E-state index contributed by atoms with van der Waals surface area (Å²) in [5.74, 6) is 0. The minimum Gasteiger partial charge on any atom is -0.397 e. The Morgan fingerprint density at radius 2 is 2.16 bits per heavy atom. The van der Waals surface area contributed by atoms with E-state index in [0.717, 1.165) is 31.0 Å². The third-order valence-electron chi connectivity index (χ3n) is 3.82. The summed E-state index contributed by atoms with van der Waals surface area (Å²) in [7, 11) is 0. The second kappa shape index (κ2) is 5.25. The molecule has 104 valence electrons. The van der Waals surface area contributed by atoms with Gasteiger partial charge in [-0.3, -0.25) is 4.90 Å². The fraction of sp³-hybridized carbons (Fsp3) is 0.500. The molecule has 0 fully saturated rings. The smallest absolute Gasteiger partial charge is 0.0620 e. The molecule has 0 saturated heterocycles. The number of nitrogens with zero attached hydrogens (tertiary/aromatic N) is 1. The van der Waals surface area contributed by atoms with Crippen LogP contribution in [0, 0.1) is 0 Å². The van der Waals surface area contributed by atoms with Crippen LogP contribution in [-0.2, 0) is 6.54 Å². The van der Waals surface area contributed by atoms with Gasteiger partial charge < -0.3 is 11.1 Å². The first kappa shape index (κ1) is 13.9. The van der Waals surface area contributed by atoms with Gasteiger partial charge in [0.2, 0.25) is 0 Å². The number of anilines is 2. The molecule has 0 atom stereocenters. The number of nitrogens with one attached hydrogen (secondary N) is 1. The number of para-hydroxylation sites is 1. The monoisotopic (exact) mass is 259 g/mol. The summed E-state index contributed by atoms with van der Waals surface area (Å²) in [5, 5.41) is 3.51. The third kappa shape index (κ3) is 3.10. The topological polar surface area (TPSA) is 41.3 Å². The minimum atomic E-state index is 0.109. The van der Waals surface area contributed by atoms with Crippen molar-refractivity contribution in [3.63, 3.8) is 0 Å². The third-order valence-corrected chi connectivity index (χ3v) is 3.82. The molecule has 0 saturated carbocycles. The van der Waals surface area contributed by atoms with Gasteiger partial charge in [0.25, 0.3) is 0 Å². The van der Waals surface area contributed by atoms with E-state index in [2.05, 4.69) is 50.1 Å². The number of allylic oxidation sites excluding steroid dienone is 1. The molecule has 0 spiro atoms. The van der Waals surface area contributed by atoms with Gasteiger partial charge in [0.05, 0.1) is 11.4 Å². The Labute approximate surface area is 116 Å². The minimum absolute atomic E-state index is 0.109. The Kier molecular flexibility index (Phi) is 3.85. The summed E-state index contributed by atoms with van der Waals surface area (Å²) in [4.78, 5) is 2.50. The van der Waals surface area contributed by atoms with Crippen LogP contribution >= 0.6 is 0 Å². The van der Waals surface area contributed by atoms with Gasteiger partial charge >= 0.3 is 0 Å². The number of fused-ring (bicyclic) bond motifs is 1. The standard InChI is InChI=1S/C16H25N3/c1-12(2)8-9-19-10-13-6-5-7-14(17)15(13)18-11-16(19,3)4/h5-8,18H,9-11,17H2,1-4H3. The second-order valence-corrected chi connectivity index (χ2v) is 6.21. The van der Waals surface area contributed by atoms with E-state index in [1.165, 1.54) is 11.1 Å². The highest BCUT2D eigenvalue weighted by Gasteiger charge is 2.29. The van der Waals surface area contributed by atoms with Crippen molar-refractivity contribution in [3.05, 3.63) is 35.4 Å². The normalized spacial score (nSPS) is 18.1. The van der Waals surface area contributed by atoms with Crippen LogP contribution in [0.4, 0.5) is 11.4 Å². The molecule has 3 nitrogen and oxygen atoms in total. The largest absolute Gasteiger partial charge is 0.397 e. The van der Waals surface area contributed by atoms with Gasteiger partial charge in [-0.05, 0) is 39.3 Å². The lowest BCUT2D eigenvalue weighted by Gasteiger charge is -2.36. The van der Waals surface area contributed by atoms with E-state index in [4.69, 9.17) is 5.73 Å². The van der Waals surface area contributed by atoms with Crippen molar-refractivity contribution in [2.45, 2.75) is 39.8 Å². The summed E-state index contributed by atoms with van der Waals surface area (Å²) >= 11 is 0. The van der Waals surface area contributed by atoms with E-state index in [9.17, 15) is 0 Å². The van der Waals surface area contributed by atoms with Crippen LogP contribution in [0.25, 0.3) is 0 Å². The first-order valence-electron chi connectivity index (χ1n) is 6.90. The number of rotatable bonds is 2. The van der Waals surface area contributed by atoms with Crippen molar-refractivity contribution in [1.82, 2.24) is 4.90 Å². The van der Waals surface area contributed by atoms with Crippen LogP contribution < -0.4 is 11.1 Å². The molecule has 19 heavy (non-hydrogen) atoms. The van der Waals surface area contributed by atoms with Gasteiger partial charge in [0.15, 0.2) is 0 Å². The lowest BCUT2D eigenvalue weighted by atomic mass is 10.0. The molecule has 3 heteroatoms. The van der Waals surface area contributed by atoms with Crippen molar-refractivity contribution in [2.75, 3.05) is 24.1 Å². The molecular weight excluding hydrogens is 234 g/mol. The Hall–Kier alpha value is -1.48. The summed E-state index contributed by atoms with van der Waals surface area (Å²) in [6, 6.07) is 6.16. The molecule has 0 amide bonds. The van der Waals surface area contributed by atoms with Gasteiger partial charge in [-0.2, -0.15) is 0 Å². The van der Waals surface area contributed by atoms with Crippen molar-refractivity contribution in [1.29, 1.82) is 0 Å². The molecule has 0 aromatic heterocycles. The molecule has 1 aliphatic heterocycles. The van der Waals surface area contributed by atoms with Crippen molar-refractivity contribution >= 4 is 11.4 Å². The molecule has 0 unspecified atom stereocenters. The number of benzene rings is 1. The molecule has 1 heterocycles. The molecule has 3 N–H and O–H groups in total. The lowest BCUT2D eigenvalue weighted by Crippen LogP contribution is -2.46. The van der Waals surface area contributed by atoms with Crippen molar-refractivity contribution in [3.8, 4) is 0 Å². The fourth-order valence-corrected chi connectivity index (χ4v) is 2.41. The zero-order valence-electron chi connectivity index (χ0n) is 12.5. The quantitative estimate of drug-likeness (QED) is 0.633. The maximum atomic E-state index is 6.07. The summed E-state index contributed by atoms with van der Waals surface area (Å²) in [5.41, 5.74) is 10.8. The number of nitrogen functional groups attached to an aromatic ring is 1. The molecular formula is C16H25N3. The fourth-order valence-electron chi connectivity index (χ4n) is 2.41. The Morgan fingerprint density at radius 3 is 2.84 bits per heavy atom. The average Bonchev–Trinajstić information content (AvgIpc) is 2.44. The molecule has 0 aliphatic carbocycles. The Bertz CT molecular complexity index is 485. The van der Waals surface area contributed by atoms with Gasteiger partial charge in [0, 0.05) is 25.2 Å². The van der Waals surface area contributed by atoms with Gasteiger partial charge in [-0.25, -0.2) is 0 Å². The maximum absolute atomic E-state index is 6.07. The molecule has 2 rings (SSSR count). The number of hydrogen-bond acceptors (Lipinski definition) is 3.